The Morgan fingerprint density at radius 3 is 2.65 bits per heavy atom. The Morgan fingerprint density at radius 1 is 1.23 bits per heavy atom. The van der Waals surface area contributed by atoms with Crippen LogP contribution in [0.25, 0.3) is 0 Å². The summed E-state index contributed by atoms with van der Waals surface area (Å²) in [5.74, 6) is -0.365. The van der Waals surface area contributed by atoms with E-state index < -0.39 is 11.0 Å². The first-order valence-corrected chi connectivity index (χ1v) is 10.3. The number of rotatable bonds is 5. The maximum atomic E-state index is 13.8. The molecule has 0 aromatic heterocycles. The first-order chi connectivity index (χ1) is 12.4. The highest BCUT2D eigenvalue weighted by molar-refractivity contribution is 8.23. The highest BCUT2D eigenvalue weighted by atomic mass is 35.5. The zero-order valence-corrected chi connectivity index (χ0v) is 16.1. The number of nitrogens with two attached hydrogens (primary N) is 1. The van der Waals surface area contributed by atoms with Gasteiger partial charge in [-0.3, -0.25) is 9.11 Å². The number of hydrogen-bond acceptors (Lipinski definition) is 5. The van der Waals surface area contributed by atoms with Crippen molar-refractivity contribution in [1.82, 2.24) is 4.31 Å². The van der Waals surface area contributed by atoms with E-state index >= 15 is 0 Å². The van der Waals surface area contributed by atoms with Gasteiger partial charge in [0.25, 0.3) is 0 Å². The molecule has 142 valence electrons. The zero-order valence-electron chi connectivity index (χ0n) is 14.5. The second kappa shape index (κ2) is 7.72. The SMILES string of the molecule is CC(CCCN)N1Cc2cc(F)ccc2N(c2ccccc2Cl)S1(O)O. The topological polar surface area (TPSA) is 73.0 Å². The van der Waals surface area contributed by atoms with Gasteiger partial charge < -0.3 is 5.73 Å². The Labute approximate surface area is 159 Å². The molecule has 0 saturated heterocycles. The van der Waals surface area contributed by atoms with Gasteiger partial charge in [0.15, 0.2) is 0 Å². The Morgan fingerprint density at radius 2 is 1.96 bits per heavy atom. The number of benzene rings is 2. The Kier molecular flexibility index (Phi) is 5.76. The molecule has 4 N–H and O–H groups in total. The fourth-order valence-corrected chi connectivity index (χ4v) is 5.45. The molecule has 1 aliphatic heterocycles. The molecule has 1 unspecified atom stereocenters. The van der Waals surface area contributed by atoms with Gasteiger partial charge in [0.1, 0.15) is 5.82 Å². The predicted octanol–water partition coefficient (Wildman–Crippen LogP) is 5.14. The first-order valence-electron chi connectivity index (χ1n) is 8.44. The summed E-state index contributed by atoms with van der Waals surface area (Å²) >= 11 is 6.33. The molecule has 0 fully saturated rings. The first kappa shape index (κ1) is 19.4. The number of para-hydroxylation sites is 1. The second-order valence-corrected chi connectivity index (χ2v) is 8.59. The summed E-state index contributed by atoms with van der Waals surface area (Å²) < 4.78 is 39.2. The Balaban J connectivity index is 2.12. The van der Waals surface area contributed by atoms with E-state index in [2.05, 4.69) is 0 Å². The summed E-state index contributed by atoms with van der Waals surface area (Å²) in [7, 11) is -3.38. The van der Waals surface area contributed by atoms with Crippen molar-refractivity contribution in [3.8, 4) is 0 Å². The molecule has 1 heterocycles. The normalized spacial score (nSPS) is 19.1. The van der Waals surface area contributed by atoms with E-state index in [1.807, 2.05) is 6.92 Å². The standard InChI is InChI=1S/C18H23ClFN3O2S/c1-13(5-4-10-21)22-12-14-11-15(20)8-9-17(14)23(26(22,24)25)18-7-3-2-6-16(18)19/h2-3,6-9,11,13,24-25H,4-5,10,12,21H2,1H3. The smallest absolute Gasteiger partial charge is 0.123 e. The van der Waals surface area contributed by atoms with Gasteiger partial charge in [0.2, 0.25) is 0 Å². The van der Waals surface area contributed by atoms with Crippen molar-refractivity contribution in [2.75, 3.05) is 10.8 Å². The second-order valence-electron chi connectivity index (χ2n) is 6.36. The molecular formula is C18H23ClFN3O2S. The molecule has 3 rings (SSSR count). The number of halogens is 2. The summed E-state index contributed by atoms with van der Waals surface area (Å²) in [4.78, 5) is 0. The fraction of sp³-hybridized carbons (Fsp3) is 0.333. The van der Waals surface area contributed by atoms with E-state index in [0.717, 1.165) is 6.42 Å². The van der Waals surface area contributed by atoms with E-state index in [1.54, 1.807) is 34.6 Å². The molecule has 0 bridgehead atoms. The molecule has 5 nitrogen and oxygen atoms in total. The Bertz CT molecular complexity index is 793. The third-order valence-corrected chi connectivity index (χ3v) is 6.86. The van der Waals surface area contributed by atoms with E-state index in [1.165, 1.54) is 16.4 Å². The van der Waals surface area contributed by atoms with Crippen LogP contribution in [0.1, 0.15) is 25.3 Å². The lowest BCUT2D eigenvalue weighted by molar-refractivity contribution is 0.269. The van der Waals surface area contributed by atoms with Crippen molar-refractivity contribution in [3.63, 3.8) is 0 Å². The van der Waals surface area contributed by atoms with Gasteiger partial charge in [-0.2, -0.15) is 4.31 Å². The summed E-state index contributed by atoms with van der Waals surface area (Å²) in [6.07, 6.45) is 1.46. The van der Waals surface area contributed by atoms with Crippen LogP contribution >= 0.6 is 22.6 Å². The Hall–Kier alpha value is -1.35. The highest BCUT2D eigenvalue weighted by Crippen LogP contribution is 2.60. The van der Waals surface area contributed by atoms with Gasteiger partial charge >= 0.3 is 0 Å². The van der Waals surface area contributed by atoms with E-state index in [4.69, 9.17) is 17.3 Å². The van der Waals surface area contributed by atoms with Crippen LogP contribution in [0, 0.1) is 5.82 Å². The monoisotopic (exact) mass is 399 g/mol. The van der Waals surface area contributed by atoms with Gasteiger partial charge in [-0.05, 0) is 73.2 Å². The number of hydrogen-bond donors (Lipinski definition) is 3. The van der Waals surface area contributed by atoms with Crippen molar-refractivity contribution in [2.45, 2.75) is 32.4 Å². The molecule has 0 amide bonds. The summed E-state index contributed by atoms with van der Waals surface area (Å²) in [5, 5.41) is 0.388. The minimum absolute atomic E-state index is 0.148. The summed E-state index contributed by atoms with van der Waals surface area (Å²) in [5.41, 5.74) is 7.28. The number of anilines is 2. The molecule has 0 saturated carbocycles. The van der Waals surface area contributed by atoms with Gasteiger partial charge in [-0.1, -0.05) is 23.7 Å². The predicted molar refractivity (Wildman–Crippen MR) is 106 cm³/mol. The van der Waals surface area contributed by atoms with Crippen LogP contribution in [-0.4, -0.2) is 26.0 Å². The van der Waals surface area contributed by atoms with Gasteiger partial charge in [-0.25, -0.2) is 8.70 Å². The maximum Gasteiger partial charge on any atom is 0.123 e. The van der Waals surface area contributed by atoms with Crippen molar-refractivity contribution < 1.29 is 13.5 Å². The minimum atomic E-state index is -3.38. The van der Waals surface area contributed by atoms with Crippen LogP contribution < -0.4 is 10.0 Å². The van der Waals surface area contributed by atoms with Crippen LogP contribution in [0.5, 0.6) is 0 Å². The molecule has 26 heavy (non-hydrogen) atoms. The molecule has 2 aromatic carbocycles. The van der Waals surface area contributed by atoms with E-state index in [0.29, 0.717) is 34.9 Å². The quantitative estimate of drug-likeness (QED) is 0.649. The lowest BCUT2D eigenvalue weighted by Gasteiger charge is -2.55. The molecule has 0 spiro atoms. The highest BCUT2D eigenvalue weighted by Gasteiger charge is 2.41. The lowest BCUT2D eigenvalue weighted by atomic mass is 10.1. The van der Waals surface area contributed by atoms with Gasteiger partial charge in [0, 0.05) is 12.6 Å². The molecular weight excluding hydrogens is 377 g/mol. The van der Waals surface area contributed by atoms with E-state index in [-0.39, 0.29) is 18.4 Å². The van der Waals surface area contributed by atoms with Crippen LogP contribution in [0.4, 0.5) is 15.8 Å². The third kappa shape index (κ3) is 3.55. The maximum absolute atomic E-state index is 13.8. The van der Waals surface area contributed by atoms with Crippen molar-refractivity contribution in [1.29, 1.82) is 0 Å². The molecule has 8 heteroatoms. The lowest BCUT2D eigenvalue weighted by Crippen LogP contribution is -2.45. The largest absolute Gasteiger partial charge is 0.330 e. The molecule has 1 atom stereocenters. The average Bonchev–Trinajstić information content (AvgIpc) is 2.60. The van der Waals surface area contributed by atoms with Crippen molar-refractivity contribution in [3.05, 3.63) is 58.9 Å². The molecule has 1 aliphatic rings. The number of fused-ring (bicyclic) bond motifs is 1. The zero-order chi connectivity index (χ0) is 18.9. The summed E-state index contributed by atoms with van der Waals surface area (Å²) in [6, 6.07) is 11.1. The fourth-order valence-electron chi connectivity index (χ4n) is 3.20. The van der Waals surface area contributed by atoms with Crippen molar-refractivity contribution >= 4 is 33.9 Å². The molecule has 0 radical (unpaired) electrons. The van der Waals surface area contributed by atoms with Gasteiger partial charge in [-0.15, -0.1) is 0 Å². The van der Waals surface area contributed by atoms with Crippen LogP contribution in [0.15, 0.2) is 42.5 Å². The van der Waals surface area contributed by atoms with Crippen LogP contribution in [-0.2, 0) is 6.54 Å². The summed E-state index contributed by atoms with van der Waals surface area (Å²) in [6.45, 7) is 2.68. The van der Waals surface area contributed by atoms with Crippen LogP contribution in [0.2, 0.25) is 5.02 Å². The molecule has 2 aromatic rings. The average molecular weight is 400 g/mol. The third-order valence-electron chi connectivity index (χ3n) is 4.53. The van der Waals surface area contributed by atoms with Crippen molar-refractivity contribution in [2.24, 2.45) is 5.73 Å². The number of nitrogens with zero attached hydrogens (tertiary/aromatic N) is 2. The minimum Gasteiger partial charge on any atom is -0.330 e. The van der Waals surface area contributed by atoms with E-state index in [9.17, 15) is 13.5 Å². The van der Waals surface area contributed by atoms with Gasteiger partial charge in [0.05, 0.1) is 16.4 Å². The van der Waals surface area contributed by atoms with Crippen LogP contribution in [0.3, 0.4) is 0 Å². The molecule has 0 aliphatic carbocycles.